The fraction of sp³-hybridized carbons (Fsp3) is 0.364. The molecule has 0 spiro atoms. The van der Waals surface area contributed by atoms with E-state index < -0.39 is 11.4 Å². The predicted octanol–water partition coefficient (Wildman–Crippen LogP) is 0.777. The highest BCUT2D eigenvalue weighted by Gasteiger charge is 2.22. The molecule has 0 saturated heterocycles. The summed E-state index contributed by atoms with van der Waals surface area (Å²) in [4.78, 5) is 27.1. The van der Waals surface area contributed by atoms with Gasteiger partial charge in [0.2, 0.25) is 23.1 Å². The van der Waals surface area contributed by atoms with Crippen LogP contribution in [0, 0.1) is 0 Å². The van der Waals surface area contributed by atoms with Crippen LogP contribution in [-0.4, -0.2) is 35.9 Å². The van der Waals surface area contributed by atoms with Crippen molar-refractivity contribution in [1.29, 1.82) is 0 Å². The molecule has 8 nitrogen and oxygen atoms in total. The van der Waals surface area contributed by atoms with Crippen LogP contribution in [0.25, 0.3) is 5.95 Å². The molecule has 0 saturated carbocycles. The van der Waals surface area contributed by atoms with E-state index in [2.05, 4.69) is 25.3 Å². The largest absolute Gasteiger partial charge is 0.370 e. The van der Waals surface area contributed by atoms with E-state index in [1.165, 1.54) is 0 Å². The molecule has 3 N–H and O–H groups in total. The molecule has 0 aliphatic carbocycles. The number of carbonyl (C=O) groups is 1. The number of hydrogen-bond acceptors (Lipinski definition) is 6. The summed E-state index contributed by atoms with van der Waals surface area (Å²) in [6.45, 7) is 3.62. The van der Waals surface area contributed by atoms with Gasteiger partial charge in [-0.3, -0.25) is 9.36 Å². The Bertz CT molecular complexity index is 611. The summed E-state index contributed by atoms with van der Waals surface area (Å²) in [6, 6.07) is 0. The van der Waals surface area contributed by atoms with E-state index >= 15 is 0 Å². The van der Waals surface area contributed by atoms with Crippen molar-refractivity contribution in [2.45, 2.75) is 25.8 Å². The number of nitrogens with one attached hydrogen (secondary N) is 1. The molecule has 0 aliphatic rings. The number of nitrogens with two attached hydrogens (primary N) is 1. The molecule has 20 heavy (non-hydrogen) atoms. The minimum atomic E-state index is -0.595. The molecular formula is C11H14ClN7O. The molecule has 1 amide bonds. The third-order valence-corrected chi connectivity index (χ3v) is 2.57. The Labute approximate surface area is 120 Å². The maximum atomic E-state index is 11.0. The summed E-state index contributed by atoms with van der Waals surface area (Å²) in [5.74, 6) is 0.178. The lowest BCUT2D eigenvalue weighted by atomic mass is 10.0. The summed E-state index contributed by atoms with van der Waals surface area (Å²) in [7, 11) is 0. The number of amides is 1. The zero-order valence-electron chi connectivity index (χ0n) is 11.0. The van der Waals surface area contributed by atoms with Gasteiger partial charge in [-0.1, -0.05) is 0 Å². The SMILES string of the molecule is CC(C)(CC(N)=O)Nc1nc(Cl)nc(-n2ccnc2)n1. The zero-order valence-corrected chi connectivity index (χ0v) is 11.8. The summed E-state index contributed by atoms with van der Waals surface area (Å²) >= 11 is 5.87. The second-order valence-corrected chi connectivity index (χ2v) is 5.19. The van der Waals surface area contributed by atoms with Gasteiger partial charge in [-0.25, -0.2) is 4.98 Å². The van der Waals surface area contributed by atoms with Crippen molar-refractivity contribution < 1.29 is 4.79 Å². The van der Waals surface area contributed by atoms with Gasteiger partial charge in [0.15, 0.2) is 0 Å². The first-order valence-corrected chi connectivity index (χ1v) is 6.20. The van der Waals surface area contributed by atoms with Gasteiger partial charge in [0.1, 0.15) is 6.33 Å². The average Bonchev–Trinajstić information content (AvgIpc) is 2.78. The Kier molecular flexibility index (Phi) is 3.84. The molecule has 0 aromatic carbocycles. The van der Waals surface area contributed by atoms with Gasteiger partial charge >= 0.3 is 0 Å². The maximum Gasteiger partial charge on any atom is 0.241 e. The van der Waals surface area contributed by atoms with Gasteiger partial charge in [0.25, 0.3) is 0 Å². The smallest absolute Gasteiger partial charge is 0.241 e. The lowest BCUT2D eigenvalue weighted by Gasteiger charge is -2.24. The van der Waals surface area contributed by atoms with Crippen LogP contribution in [-0.2, 0) is 4.79 Å². The lowest BCUT2D eigenvalue weighted by molar-refractivity contribution is -0.118. The van der Waals surface area contributed by atoms with Crippen molar-refractivity contribution in [3.05, 3.63) is 24.0 Å². The molecule has 2 heterocycles. The standard InChI is InChI=1S/C11H14ClN7O/c1-11(2,5-7(13)20)18-9-15-8(12)16-10(17-9)19-4-3-14-6-19/h3-4,6H,5H2,1-2H3,(H2,13,20)(H,15,16,17,18). The fourth-order valence-electron chi connectivity index (χ4n) is 1.67. The number of nitrogens with zero attached hydrogens (tertiary/aromatic N) is 5. The highest BCUT2D eigenvalue weighted by atomic mass is 35.5. The van der Waals surface area contributed by atoms with E-state index in [1.807, 2.05) is 13.8 Å². The molecule has 0 aliphatic heterocycles. The number of anilines is 1. The van der Waals surface area contributed by atoms with E-state index in [0.717, 1.165) is 0 Å². The number of carbonyl (C=O) groups excluding carboxylic acids is 1. The first-order chi connectivity index (χ1) is 9.35. The van der Waals surface area contributed by atoms with Gasteiger partial charge in [-0.2, -0.15) is 15.0 Å². The third kappa shape index (κ3) is 3.64. The van der Waals surface area contributed by atoms with Crippen molar-refractivity contribution in [3.63, 3.8) is 0 Å². The van der Waals surface area contributed by atoms with Crippen LogP contribution in [0.1, 0.15) is 20.3 Å². The van der Waals surface area contributed by atoms with E-state index in [4.69, 9.17) is 17.3 Å². The molecule has 0 radical (unpaired) electrons. The van der Waals surface area contributed by atoms with E-state index in [-0.39, 0.29) is 17.7 Å². The summed E-state index contributed by atoms with van der Waals surface area (Å²) < 4.78 is 1.60. The van der Waals surface area contributed by atoms with Crippen molar-refractivity contribution in [2.75, 3.05) is 5.32 Å². The molecule has 2 rings (SSSR count). The van der Waals surface area contributed by atoms with Gasteiger partial charge < -0.3 is 11.1 Å². The van der Waals surface area contributed by atoms with E-state index in [9.17, 15) is 4.79 Å². The van der Waals surface area contributed by atoms with Crippen LogP contribution < -0.4 is 11.1 Å². The first-order valence-electron chi connectivity index (χ1n) is 5.82. The van der Waals surface area contributed by atoms with Gasteiger partial charge in [-0.05, 0) is 25.4 Å². The predicted molar refractivity (Wildman–Crippen MR) is 73.5 cm³/mol. The molecular weight excluding hydrogens is 282 g/mol. The molecule has 0 atom stereocenters. The molecule has 0 bridgehead atoms. The Morgan fingerprint density at radius 2 is 2.20 bits per heavy atom. The van der Waals surface area contributed by atoms with Gasteiger partial charge in [0.05, 0.1) is 0 Å². The van der Waals surface area contributed by atoms with E-state index in [1.54, 1.807) is 23.3 Å². The quantitative estimate of drug-likeness (QED) is 0.843. The fourth-order valence-corrected chi connectivity index (χ4v) is 1.83. The van der Waals surface area contributed by atoms with Gasteiger partial charge in [0, 0.05) is 24.4 Å². The van der Waals surface area contributed by atoms with Crippen LogP contribution in [0.4, 0.5) is 5.95 Å². The minimum absolute atomic E-state index is 0.0427. The molecule has 0 unspecified atom stereocenters. The van der Waals surface area contributed by atoms with Crippen LogP contribution >= 0.6 is 11.6 Å². The topological polar surface area (TPSA) is 112 Å². The van der Waals surface area contributed by atoms with Crippen LogP contribution in [0.3, 0.4) is 0 Å². The highest BCUT2D eigenvalue weighted by molar-refractivity contribution is 6.28. The second kappa shape index (κ2) is 5.41. The number of primary amides is 1. The highest BCUT2D eigenvalue weighted by Crippen LogP contribution is 2.17. The van der Waals surface area contributed by atoms with Crippen molar-refractivity contribution in [2.24, 2.45) is 5.73 Å². The number of aromatic nitrogens is 5. The number of rotatable bonds is 5. The average molecular weight is 296 g/mol. The van der Waals surface area contributed by atoms with Crippen LogP contribution in [0.5, 0.6) is 0 Å². The monoisotopic (exact) mass is 295 g/mol. The summed E-state index contributed by atoms with van der Waals surface area (Å²) in [5.41, 5.74) is 4.60. The van der Waals surface area contributed by atoms with E-state index in [0.29, 0.717) is 5.95 Å². The summed E-state index contributed by atoms with van der Waals surface area (Å²) in [6.07, 6.45) is 4.96. The van der Waals surface area contributed by atoms with Crippen LogP contribution in [0.15, 0.2) is 18.7 Å². The first kappa shape index (κ1) is 14.2. The minimum Gasteiger partial charge on any atom is -0.370 e. The normalized spacial score (nSPS) is 11.3. The Hall–Kier alpha value is -2.22. The number of imidazole rings is 1. The molecule has 106 valence electrons. The number of halogens is 1. The summed E-state index contributed by atoms with van der Waals surface area (Å²) in [5, 5.41) is 3.05. The van der Waals surface area contributed by atoms with Gasteiger partial charge in [-0.15, -0.1) is 0 Å². The molecule has 2 aromatic rings. The molecule has 0 fully saturated rings. The molecule has 2 aromatic heterocycles. The Morgan fingerprint density at radius 3 is 2.80 bits per heavy atom. The lowest BCUT2D eigenvalue weighted by Crippen LogP contribution is -2.36. The number of hydrogen-bond donors (Lipinski definition) is 2. The zero-order chi connectivity index (χ0) is 14.8. The second-order valence-electron chi connectivity index (χ2n) is 4.85. The van der Waals surface area contributed by atoms with Crippen molar-refractivity contribution in [3.8, 4) is 5.95 Å². The third-order valence-electron chi connectivity index (χ3n) is 2.40. The Morgan fingerprint density at radius 1 is 1.45 bits per heavy atom. The maximum absolute atomic E-state index is 11.0. The Balaban J connectivity index is 2.27. The van der Waals surface area contributed by atoms with Crippen molar-refractivity contribution >= 4 is 23.5 Å². The molecule has 9 heteroatoms. The van der Waals surface area contributed by atoms with Crippen LogP contribution in [0.2, 0.25) is 5.28 Å². The van der Waals surface area contributed by atoms with Crippen molar-refractivity contribution in [1.82, 2.24) is 24.5 Å².